The molecule has 1 unspecified atom stereocenters. The summed E-state index contributed by atoms with van der Waals surface area (Å²) in [5.74, 6) is 2.92. The van der Waals surface area contributed by atoms with E-state index in [0.29, 0.717) is 5.41 Å². The van der Waals surface area contributed by atoms with Gasteiger partial charge in [-0.2, -0.15) is 0 Å². The van der Waals surface area contributed by atoms with Crippen molar-refractivity contribution < 1.29 is 0 Å². The van der Waals surface area contributed by atoms with E-state index in [0.717, 1.165) is 17.8 Å². The molecule has 0 aromatic heterocycles. The average molecular weight is 223 g/mol. The lowest BCUT2D eigenvalue weighted by atomic mass is 9.67. The molecule has 0 radical (unpaired) electrons. The number of hydrogen-bond acceptors (Lipinski definition) is 1. The molecule has 0 bridgehead atoms. The molecule has 1 heteroatoms. The van der Waals surface area contributed by atoms with Gasteiger partial charge >= 0.3 is 0 Å². The van der Waals surface area contributed by atoms with E-state index in [-0.39, 0.29) is 0 Å². The molecule has 0 aromatic carbocycles. The van der Waals surface area contributed by atoms with E-state index in [1.807, 2.05) is 0 Å². The van der Waals surface area contributed by atoms with Crippen LogP contribution in [0.25, 0.3) is 0 Å². The van der Waals surface area contributed by atoms with Gasteiger partial charge in [0.2, 0.25) is 0 Å². The van der Waals surface area contributed by atoms with Crippen LogP contribution in [0.3, 0.4) is 0 Å². The SMILES string of the molecule is CN1CC(C(C)(C)C)[C@@H](C2CCCCC2)C1. The highest BCUT2D eigenvalue weighted by atomic mass is 15.1. The third kappa shape index (κ3) is 2.61. The van der Waals surface area contributed by atoms with Crippen LogP contribution in [0.2, 0.25) is 0 Å². The van der Waals surface area contributed by atoms with Gasteiger partial charge < -0.3 is 4.90 Å². The molecule has 2 fully saturated rings. The van der Waals surface area contributed by atoms with Crippen molar-refractivity contribution in [3.63, 3.8) is 0 Å². The third-order valence-corrected chi connectivity index (χ3v) is 4.92. The van der Waals surface area contributed by atoms with Crippen molar-refractivity contribution >= 4 is 0 Å². The molecule has 16 heavy (non-hydrogen) atoms. The summed E-state index contributed by atoms with van der Waals surface area (Å²) < 4.78 is 0. The number of likely N-dealkylation sites (tertiary alicyclic amines) is 1. The van der Waals surface area contributed by atoms with E-state index < -0.39 is 0 Å². The van der Waals surface area contributed by atoms with E-state index in [1.165, 1.54) is 45.2 Å². The van der Waals surface area contributed by atoms with E-state index >= 15 is 0 Å². The van der Waals surface area contributed by atoms with Crippen LogP contribution in [0, 0.1) is 23.2 Å². The number of hydrogen-bond donors (Lipinski definition) is 0. The Morgan fingerprint density at radius 3 is 2.12 bits per heavy atom. The third-order valence-electron chi connectivity index (χ3n) is 4.92. The van der Waals surface area contributed by atoms with Crippen LogP contribution in [0.15, 0.2) is 0 Å². The van der Waals surface area contributed by atoms with E-state index in [1.54, 1.807) is 0 Å². The van der Waals surface area contributed by atoms with Gasteiger partial charge in [-0.1, -0.05) is 52.9 Å². The highest BCUT2D eigenvalue weighted by Gasteiger charge is 2.42. The van der Waals surface area contributed by atoms with Crippen LogP contribution in [0.5, 0.6) is 0 Å². The van der Waals surface area contributed by atoms with Crippen molar-refractivity contribution in [2.24, 2.45) is 23.2 Å². The Morgan fingerprint density at radius 2 is 1.56 bits per heavy atom. The Balaban J connectivity index is 2.05. The summed E-state index contributed by atoms with van der Waals surface area (Å²) in [4.78, 5) is 2.56. The smallest absolute Gasteiger partial charge is 0.00150 e. The first-order valence-electron chi connectivity index (χ1n) is 7.17. The van der Waals surface area contributed by atoms with Gasteiger partial charge in [0.1, 0.15) is 0 Å². The molecule has 94 valence electrons. The summed E-state index contributed by atoms with van der Waals surface area (Å²) >= 11 is 0. The van der Waals surface area contributed by atoms with Crippen LogP contribution >= 0.6 is 0 Å². The van der Waals surface area contributed by atoms with Crippen LogP contribution < -0.4 is 0 Å². The Bertz CT molecular complexity index is 222. The Labute approximate surface area is 102 Å². The maximum atomic E-state index is 2.56. The van der Waals surface area contributed by atoms with Gasteiger partial charge in [0, 0.05) is 13.1 Å². The summed E-state index contributed by atoms with van der Waals surface area (Å²) in [5.41, 5.74) is 0.493. The minimum Gasteiger partial charge on any atom is -0.306 e. The highest BCUT2D eigenvalue weighted by Crippen LogP contribution is 2.44. The summed E-state index contributed by atoms with van der Waals surface area (Å²) in [5, 5.41) is 0. The van der Waals surface area contributed by atoms with Crippen LogP contribution in [0.4, 0.5) is 0 Å². The van der Waals surface area contributed by atoms with E-state index in [2.05, 4.69) is 32.7 Å². The molecule has 1 aliphatic heterocycles. The van der Waals surface area contributed by atoms with Crippen LogP contribution in [-0.2, 0) is 0 Å². The Morgan fingerprint density at radius 1 is 0.938 bits per heavy atom. The first-order valence-corrected chi connectivity index (χ1v) is 7.17. The molecule has 0 spiro atoms. The fourth-order valence-electron chi connectivity index (χ4n) is 3.99. The Hall–Kier alpha value is -0.0400. The second-order valence-corrected chi connectivity index (χ2v) is 7.26. The van der Waals surface area contributed by atoms with E-state index in [4.69, 9.17) is 0 Å². The standard InChI is InChI=1S/C15H29N/c1-15(2,3)14-11-16(4)10-13(14)12-8-6-5-7-9-12/h12-14H,5-11H2,1-4H3/t13-,14?/m1/s1. The lowest BCUT2D eigenvalue weighted by Crippen LogP contribution is -2.32. The zero-order valence-corrected chi connectivity index (χ0v) is 11.6. The molecule has 1 heterocycles. The van der Waals surface area contributed by atoms with Crippen molar-refractivity contribution in [3.05, 3.63) is 0 Å². The summed E-state index contributed by atoms with van der Waals surface area (Å²) in [7, 11) is 2.31. The van der Waals surface area contributed by atoms with Crippen molar-refractivity contribution in [2.75, 3.05) is 20.1 Å². The molecule has 1 aliphatic carbocycles. The largest absolute Gasteiger partial charge is 0.306 e. The molecule has 0 aromatic rings. The molecule has 0 amide bonds. The minimum absolute atomic E-state index is 0.493. The zero-order valence-electron chi connectivity index (χ0n) is 11.6. The molecule has 1 saturated heterocycles. The summed E-state index contributed by atoms with van der Waals surface area (Å²) in [6.07, 6.45) is 7.47. The highest BCUT2D eigenvalue weighted by molar-refractivity contribution is 4.93. The first-order chi connectivity index (χ1) is 7.48. The molecule has 1 saturated carbocycles. The summed E-state index contributed by atoms with van der Waals surface area (Å²) in [6, 6.07) is 0. The molecule has 2 atom stereocenters. The fraction of sp³-hybridized carbons (Fsp3) is 1.00. The van der Waals surface area contributed by atoms with E-state index in [9.17, 15) is 0 Å². The first kappa shape index (κ1) is 12.4. The lowest BCUT2D eigenvalue weighted by molar-refractivity contribution is 0.132. The van der Waals surface area contributed by atoms with Gasteiger partial charge in [0.25, 0.3) is 0 Å². The predicted molar refractivity (Wildman–Crippen MR) is 70.5 cm³/mol. The topological polar surface area (TPSA) is 3.24 Å². The molecule has 2 rings (SSSR count). The molecule has 2 aliphatic rings. The van der Waals surface area contributed by atoms with Crippen molar-refractivity contribution in [1.29, 1.82) is 0 Å². The second-order valence-electron chi connectivity index (χ2n) is 7.26. The maximum Gasteiger partial charge on any atom is 0.00150 e. The second kappa shape index (κ2) is 4.68. The average Bonchev–Trinajstić information content (AvgIpc) is 2.61. The number of nitrogens with zero attached hydrogens (tertiary/aromatic N) is 1. The lowest BCUT2D eigenvalue weighted by Gasteiger charge is -2.37. The molecular formula is C15H29N. The fourth-order valence-corrected chi connectivity index (χ4v) is 3.99. The van der Waals surface area contributed by atoms with Gasteiger partial charge in [-0.05, 0) is 30.2 Å². The quantitative estimate of drug-likeness (QED) is 0.654. The van der Waals surface area contributed by atoms with Crippen molar-refractivity contribution in [3.8, 4) is 0 Å². The van der Waals surface area contributed by atoms with Crippen LogP contribution in [-0.4, -0.2) is 25.0 Å². The van der Waals surface area contributed by atoms with Gasteiger partial charge in [0.15, 0.2) is 0 Å². The molecule has 0 N–H and O–H groups in total. The monoisotopic (exact) mass is 223 g/mol. The van der Waals surface area contributed by atoms with Crippen molar-refractivity contribution in [2.45, 2.75) is 52.9 Å². The number of rotatable bonds is 1. The van der Waals surface area contributed by atoms with Gasteiger partial charge in [-0.15, -0.1) is 0 Å². The predicted octanol–water partition coefficient (Wildman–Crippen LogP) is 3.79. The minimum atomic E-state index is 0.493. The summed E-state index contributed by atoms with van der Waals surface area (Å²) in [6.45, 7) is 9.99. The van der Waals surface area contributed by atoms with Crippen LogP contribution in [0.1, 0.15) is 52.9 Å². The Kier molecular flexibility index (Phi) is 3.63. The van der Waals surface area contributed by atoms with Gasteiger partial charge in [-0.25, -0.2) is 0 Å². The van der Waals surface area contributed by atoms with Crippen molar-refractivity contribution in [1.82, 2.24) is 4.90 Å². The van der Waals surface area contributed by atoms with Gasteiger partial charge in [0.05, 0.1) is 0 Å². The molecular weight excluding hydrogens is 194 g/mol. The zero-order chi connectivity index (χ0) is 11.8. The molecule has 1 nitrogen and oxygen atoms in total. The maximum absolute atomic E-state index is 2.56. The van der Waals surface area contributed by atoms with Gasteiger partial charge in [-0.3, -0.25) is 0 Å². The normalized spacial score (nSPS) is 34.5.